The SMILES string of the molecule is CC1CN(c2ccc(C(=O)O)cc2Cl)CC(C)(C)O1. The zero-order chi connectivity index (χ0) is 14.2. The first-order valence-electron chi connectivity index (χ1n) is 6.24. The van der Waals surface area contributed by atoms with E-state index in [0.717, 1.165) is 18.8 Å². The zero-order valence-electron chi connectivity index (χ0n) is 11.3. The summed E-state index contributed by atoms with van der Waals surface area (Å²) < 4.78 is 5.85. The molecular weight excluding hydrogens is 266 g/mol. The van der Waals surface area contributed by atoms with Gasteiger partial charge in [0.2, 0.25) is 0 Å². The number of rotatable bonds is 2. The highest BCUT2D eigenvalue weighted by Gasteiger charge is 2.32. The highest BCUT2D eigenvalue weighted by Crippen LogP contribution is 2.31. The van der Waals surface area contributed by atoms with E-state index < -0.39 is 5.97 Å². The van der Waals surface area contributed by atoms with Crippen molar-refractivity contribution in [3.8, 4) is 0 Å². The molecule has 0 aromatic heterocycles. The van der Waals surface area contributed by atoms with Crippen LogP contribution in [0.3, 0.4) is 0 Å². The van der Waals surface area contributed by atoms with Gasteiger partial charge in [0.15, 0.2) is 0 Å². The summed E-state index contributed by atoms with van der Waals surface area (Å²) in [6, 6.07) is 4.84. The number of morpholine rings is 1. The van der Waals surface area contributed by atoms with E-state index in [1.54, 1.807) is 12.1 Å². The first-order chi connectivity index (χ1) is 8.78. The summed E-state index contributed by atoms with van der Waals surface area (Å²) in [4.78, 5) is 13.0. The average molecular weight is 284 g/mol. The van der Waals surface area contributed by atoms with E-state index in [1.165, 1.54) is 6.07 Å². The second kappa shape index (κ2) is 5.02. The Bertz CT molecular complexity index is 501. The van der Waals surface area contributed by atoms with Crippen LogP contribution in [0.5, 0.6) is 0 Å². The van der Waals surface area contributed by atoms with E-state index in [2.05, 4.69) is 4.90 Å². The molecule has 1 saturated heterocycles. The molecular formula is C14H18ClNO3. The van der Waals surface area contributed by atoms with E-state index in [0.29, 0.717) is 5.02 Å². The molecule has 19 heavy (non-hydrogen) atoms. The molecule has 1 N–H and O–H groups in total. The molecule has 0 aliphatic carbocycles. The maximum absolute atomic E-state index is 10.9. The minimum atomic E-state index is -0.968. The fourth-order valence-electron chi connectivity index (χ4n) is 2.53. The molecule has 0 spiro atoms. The third kappa shape index (κ3) is 3.19. The van der Waals surface area contributed by atoms with Crippen molar-refractivity contribution in [3.63, 3.8) is 0 Å². The molecule has 1 aliphatic heterocycles. The Morgan fingerprint density at radius 3 is 2.74 bits per heavy atom. The van der Waals surface area contributed by atoms with Crippen LogP contribution in [0, 0.1) is 0 Å². The summed E-state index contributed by atoms with van der Waals surface area (Å²) in [5.74, 6) is -0.968. The molecule has 4 nitrogen and oxygen atoms in total. The number of carboxylic acid groups (broad SMARTS) is 1. The smallest absolute Gasteiger partial charge is 0.335 e. The number of carboxylic acids is 1. The normalized spacial score (nSPS) is 22.3. The van der Waals surface area contributed by atoms with Crippen molar-refractivity contribution in [1.82, 2.24) is 0 Å². The zero-order valence-corrected chi connectivity index (χ0v) is 12.1. The van der Waals surface area contributed by atoms with Gasteiger partial charge < -0.3 is 14.7 Å². The molecule has 0 saturated carbocycles. The van der Waals surface area contributed by atoms with Crippen molar-refractivity contribution in [1.29, 1.82) is 0 Å². The van der Waals surface area contributed by atoms with Crippen LogP contribution in [0.4, 0.5) is 5.69 Å². The van der Waals surface area contributed by atoms with Crippen LogP contribution in [0.2, 0.25) is 5.02 Å². The Morgan fingerprint density at radius 2 is 2.21 bits per heavy atom. The lowest BCUT2D eigenvalue weighted by molar-refractivity contribution is -0.0749. The highest BCUT2D eigenvalue weighted by atomic mass is 35.5. The standard InChI is InChI=1S/C14H18ClNO3/c1-9-7-16(8-14(2,3)19-9)12-5-4-10(13(17)18)6-11(12)15/h4-6,9H,7-8H2,1-3H3,(H,17,18). The van der Waals surface area contributed by atoms with E-state index in [-0.39, 0.29) is 17.3 Å². The van der Waals surface area contributed by atoms with Crippen LogP contribution in [0.25, 0.3) is 0 Å². The van der Waals surface area contributed by atoms with Gasteiger partial charge in [0.1, 0.15) is 0 Å². The number of benzene rings is 1. The monoisotopic (exact) mass is 283 g/mol. The predicted molar refractivity (Wildman–Crippen MR) is 75.3 cm³/mol. The lowest BCUT2D eigenvalue weighted by Gasteiger charge is -2.43. The summed E-state index contributed by atoms with van der Waals surface area (Å²) in [6.07, 6.45) is 0.110. The highest BCUT2D eigenvalue weighted by molar-refractivity contribution is 6.33. The molecule has 1 unspecified atom stereocenters. The molecule has 5 heteroatoms. The number of hydrogen-bond acceptors (Lipinski definition) is 3. The molecule has 1 aromatic carbocycles. The van der Waals surface area contributed by atoms with Gasteiger partial charge in [0, 0.05) is 13.1 Å². The van der Waals surface area contributed by atoms with Gasteiger partial charge in [-0.1, -0.05) is 11.6 Å². The van der Waals surface area contributed by atoms with E-state index >= 15 is 0 Å². The number of aromatic carboxylic acids is 1. The van der Waals surface area contributed by atoms with Crippen molar-refractivity contribution >= 4 is 23.3 Å². The minimum absolute atomic E-state index is 0.110. The van der Waals surface area contributed by atoms with Crippen LogP contribution < -0.4 is 4.90 Å². The Hall–Kier alpha value is -1.26. The Balaban J connectivity index is 2.29. The fraction of sp³-hybridized carbons (Fsp3) is 0.500. The Morgan fingerprint density at radius 1 is 1.53 bits per heavy atom. The lowest BCUT2D eigenvalue weighted by Crippen LogP contribution is -2.52. The molecule has 0 radical (unpaired) electrons. The van der Waals surface area contributed by atoms with Crippen molar-refractivity contribution in [2.24, 2.45) is 0 Å². The maximum Gasteiger partial charge on any atom is 0.335 e. The van der Waals surface area contributed by atoms with E-state index in [4.69, 9.17) is 21.4 Å². The van der Waals surface area contributed by atoms with Crippen molar-refractivity contribution in [2.45, 2.75) is 32.5 Å². The number of ether oxygens (including phenoxy) is 1. The van der Waals surface area contributed by atoms with Crippen LogP contribution in [0.1, 0.15) is 31.1 Å². The molecule has 0 amide bonds. The number of halogens is 1. The summed E-state index contributed by atoms with van der Waals surface area (Å²) in [7, 11) is 0. The first-order valence-corrected chi connectivity index (χ1v) is 6.62. The molecule has 1 heterocycles. The number of nitrogens with zero attached hydrogens (tertiary/aromatic N) is 1. The minimum Gasteiger partial charge on any atom is -0.478 e. The lowest BCUT2D eigenvalue weighted by atomic mass is 10.0. The summed E-state index contributed by atoms with van der Waals surface area (Å²) in [5, 5.41) is 9.41. The van der Waals surface area contributed by atoms with Crippen LogP contribution in [-0.2, 0) is 4.74 Å². The van der Waals surface area contributed by atoms with Gasteiger partial charge in [-0.2, -0.15) is 0 Å². The molecule has 104 valence electrons. The predicted octanol–water partition coefficient (Wildman–Crippen LogP) is 3.04. The quantitative estimate of drug-likeness (QED) is 0.906. The second-order valence-electron chi connectivity index (χ2n) is 5.54. The number of anilines is 1. The third-order valence-electron chi connectivity index (χ3n) is 3.10. The van der Waals surface area contributed by atoms with Crippen LogP contribution in [-0.4, -0.2) is 35.9 Å². The molecule has 1 fully saturated rings. The molecule has 1 aliphatic rings. The van der Waals surface area contributed by atoms with Crippen LogP contribution >= 0.6 is 11.6 Å². The van der Waals surface area contributed by atoms with Gasteiger partial charge in [-0.3, -0.25) is 0 Å². The van der Waals surface area contributed by atoms with Crippen molar-refractivity contribution < 1.29 is 14.6 Å². The summed E-state index contributed by atoms with van der Waals surface area (Å²) >= 11 is 6.20. The Labute approximate surface area is 117 Å². The molecule has 1 atom stereocenters. The van der Waals surface area contributed by atoms with Gasteiger partial charge in [0.05, 0.1) is 28.0 Å². The Kier molecular flexibility index (Phi) is 3.74. The van der Waals surface area contributed by atoms with Crippen molar-refractivity contribution in [2.75, 3.05) is 18.0 Å². The molecule has 1 aromatic rings. The van der Waals surface area contributed by atoms with Gasteiger partial charge in [0.25, 0.3) is 0 Å². The van der Waals surface area contributed by atoms with Gasteiger partial charge in [-0.25, -0.2) is 4.79 Å². The second-order valence-corrected chi connectivity index (χ2v) is 5.95. The number of carbonyl (C=O) groups is 1. The molecule has 0 bridgehead atoms. The van der Waals surface area contributed by atoms with Gasteiger partial charge in [-0.15, -0.1) is 0 Å². The fourth-order valence-corrected chi connectivity index (χ4v) is 2.83. The number of hydrogen-bond donors (Lipinski definition) is 1. The largest absolute Gasteiger partial charge is 0.478 e. The summed E-state index contributed by atoms with van der Waals surface area (Å²) in [5.41, 5.74) is 0.816. The van der Waals surface area contributed by atoms with E-state index in [1.807, 2.05) is 20.8 Å². The first kappa shape index (κ1) is 14.2. The molecule has 2 rings (SSSR count). The van der Waals surface area contributed by atoms with Gasteiger partial charge >= 0.3 is 5.97 Å². The summed E-state index contributed by atoms with van der Waals surface area (Å²) in [6.45, 7) is 7.57. The maximum atomic E-state index is 10.9. The van der Waals surface area contributed by atoms with Crippen molar-refractivity contribution in [3.05, 3.63) is 28.8 Å². The van der Waals surface area contributed by atoms with Gasteiger partial charge in [-0.05, 0) is 39.0 Å². The topological polar surface area (TPSA) is 49.8 Å². The third-order valence-corrected chi connectivity index (χ3v) is 3.41. The average Bonchev–Trinajstić information content (AvgIpc) is 2.25. The van der Waals surface area contributed by atoms with E-state index in [9.17, 15) is 4.79 Å². The van der Waals surface area contributed by atoms with Crippen LogP contribution in [0.15, 0.2) is 18.2 Å².